The van der Waals surface area contributed by atoms with Crippen molar-refractivity contribution in [2.75, 3.05) is 39.3 Å². The fourth-order valence-corrected chi connectivity index (χ4v) is 4.53. The van der Waals surface area contributed by atoms with Crippen molar-refractivity contribution in [2.24, 2.45) is 0 Å². The Morgan fingerprint density at radius 3 is 2.81 bits per heavy atom. The Kier molecular flexibility index (Phi) is 4.13. The monoisotopic (exact) mass is 354 g/mol. The van der Waals surface area contributed by atoms with Gasteiger partial charge < -0.3 is 9.88 Å². The molecule has 0 bridgehead atoms. The van der Waals surface area contributed by atoms with Crippen LogP contribution in [-0.2, 0) is 17.8 Å². The molecule has 3 aliphatic rings. The summed E-state index contributed by atoms with van der Waals surface area (Å²) in [4.78, 5) is 23.1. The third-order valence-corrected chi connectivity index (χ3v) is 6.33. The van der Waals surface area contributed by atoms with E-state index in [1.807, 2.05) is 6.07 Å². The molecule has 0 spiro atoms. The highest BCUT2D eigenvalue weighted by molar-refractivity contribution is 5.80. The summed E-state index contributed by atoms with van der Waals surface area (Å²) in [5, 5.41) is 8.27. The average molecular weight is 354 g/mol. The van der Waals surface area contributed by atoms with Crippen molar-refractivity contribution in [3.63, 3.8) is 0 Å². The van der Waals surface area contributed by atoms with Gasteiger partial charge in [0, 0.05) is 56.6 Å². The Labute approximate surface area is 153 Å². The molecule has 0 unspecified atom stereocenters. The van der Waals surface area contributed by atoms with E-state index in [0.717, 1.165) is 62.8 Å². The molecule has 7 heteroatoms. The maximum atomic E-state index is 12.7. The number of nitrogens with zero attached hydrogens (tertiary/aromatic N) is 5. The molecule has 1 N–H and O–H groups in total. The van der Waals surface area contributed by atoms with E-state index < -0.39 is 0 Å². The number of nitrogens with one attached hydrogen (secondary N) is 1. The third kappa shape index (κ3) is 2.89. The Hall–Kier alpha value is -1.99. The standard InChI is InChI=1S/C19H26N6O/c26-18(25-10-8-24(9-11-25)14-2-1-3-14)13-23-7-5-15-17(12-23)21-16-4-6-20-22-19(15)16/h4,6,14,21H,1-3,5,7-13H2. The van der Waals surface area contributed by atoms with Crippen molar-refractivity contribution in [1.29, 1.82) is 0 Å². The highest BCUT2D eigenvalue weighted by Gasteiger charge is 2.30. The summed E-state index contributed by atoms with van der Waals surface area (Å²) in [5.41, 5.74) is 4.49. The van der Waals surface area contributed by atoms with E-state index in [0.29, 0.717) is 6.54 Å². The summed E-state index contributed by atoms with van der Waals surface area (Å²) in [6.45, 7) is 6.07. The predicted octanol–water partition coefficient (Wildman–Crippen LogP) is 1.01. The molecule has 5 rings (SSSR count). The number of carbonyl (C=O) groups is 1. The molecule has 0 atom stereocenters. The summed E-state index contributed by atoms with van der Waals surface area (Å²) >= 11 is 0. The van der Waals surface area contributed by atoms with Gasteiger partial charge in [-0.1, -0.05) is 6.42 Å². The molecule has 1 amide bonds. The third-order valence-electron chi connectivity index (χ3n) is 6.33. The molecule has 0 radical (unpaired) electrons. The van der Waals surface area contributed by atoms with E-state index in [2.05, 4.69) is 29.9 Å². The largest absolute Gasteiger partial charge is 0.356 e. The molecule has 2 fully saturated rings. The number of rotatable bonds is 3. The maximum Gasteiger partial charge on any atom is 0.236 e. The van der Waals surface area contributed by atoms with Gasteiger partial charge in [0.1, 0.15) is 5.52 Å². The van der Waals surface area contributed by atoms with E-state index in [9.17, 15) is 4.79 Å². The van der Waals surface area contributed by atoms with Crippen molar-refractivity contribution in [3.8, 4) is 0 Å². The zero-order chi connectivity index (χ0) is 17.5. The lowest BCUT2D eigenvalue weighted by molar-refractivity contribution is -0.135. The number of piperazine rings is 1. The molecule has 0 aromatic carbocycles. The van der Waals surface area contributed by atoms with E-state index in [1.165, 1.54) is 30.5 Å². The van der Waals surface area contributed by atoms with Crippen molar-refractivity contribution in [1.82, 2.24) is 29.9 Å². The van der Waals surface area contributed by atoms with Crippen LogP contribution in [0.5, 0.6) is 0 Å². The van der Waals surface area contributed by atoms with Gasteiger partial charge in [-0.15, -0.1) is 5.10 Å². The van der Waals surface area contributed by atoms with Crippen LogP contribution in [0.4, 0.5) is 0 Å². The first-order valence-corrected chi connectivity index (χ1v) is 9.83. The summed E-state index contributed by atoms with van der Waals surface area (Å²) in [6.07, 6.45) is 6.71. The minimum absolute atomic E-state index is 0.276. The number of fused-ring (bicyclic) bond motifs is 3. The van der Waals surface area contributed by atoms with Gasteiger partial charge in [-0.2, -0.15) is 5.10 Å². The molecule has 7 nitrogen and oxygen atoms in total. The minimum Gasteiger partial charge on any atom is -0.356 e. The zero-order valence-corrected chi connectivity index (χ0v) is 15.2. The van der Waals surface area contributed by atoms with Crippen LogP contribution in [0.2, 0.25) is 0 Å². The smallest absolute Gasteiger partial charge is 0.236 e. The number of amides is 1. The Bertz CT molecular complexity index is 805. The van der Waals surface area contributed by atoms with Gasteiger partial charge in [0.25, 0.3) is 0 Å². The van der Waals surface area contributed by atoms with E-state index in [4.69, 9.17) is 0 Å². The highest BCUT2D eigenvalue weighted by atomic mass is 16.2. The van der Waals surface area contributed by atoms with Gasteiger partial charge in [0.15, 0.2) is 0 Å². The van der Waals surface area contributed by atoms with Crippen molar-refractivity contribution < 1.29 is 4.79 Å². The zero-order valence-electron chi connectivity index (χ0n) is 15.2. The van der Waals surface area contributed by atoms with E-state index >= 15 is 0 Å². The first-order chi connectivity index (χ1) is 12.8. The lowest BCUT2D eigenvalue weighted by Gasteiger charge is -2.43. The molecule has 1 aliphatic carbocycles. The first kappa shape index (κ1) is 16.2. The number of aromatic nitrogens is 3. The van der Waals surface area contributed by atoms with Crippen LogP contribution in [0.3, 0.4) is 0 Å². The number of hydrogen-bond acceptors (Lipinski definition) is 5. The fraction of sp³-hybridized carbons (Fsp3) is 0.632. The molecule has 26 heavy (non-hydrogen) atoms. The number of aromatic amines is 1. The van der Waals surface area contributed by atoms with E-state index in [-0.39, 0.29) is 5.91 Å². The predicted molar refractivity (Wildman–Crippen MR) is 98.7 cm³/mol. The van der Waals surface area contributed by atoms with Gasteiger partial charge in [-0.3, -0.25) is 14.6 Å². The molecule has 2 aromatic rings. The Morgan fingerprint density at radius 1 is 1.19 bits per heavy atom. The van der Waals surface area contributed by atoms with Crippen LogP contribution in [0.1, 0.15) is 30.5 Å². The highest BCUT2D eigenvalue weighted by Crippen LogP contribution is 2.27. The van der Waals surface area contributed by atoms with Crippen LogP contribution < -0.4 is 0 Å². The molecular formula is C19H26N6O. The van der Waals surface area contributed by atoms with Gasteiger partial charge in [-0.25, -0.2) is 0 Å². The average Bonchev–Trinajstić information content (AvgIpc) is 2.98. The summed E-state index contributed by atoms with van der Waals surface area (Å²) in [6, 6.07) is 2.76. The molecular weight excluding hydrogens is 328 g/mol. The lowest BCUT2D eigenvalue weighted by Crippen LogP contribution is -2.55. The van der Waals surface area contributed by atoms with Crippen LogP contribution in [0, 0.1) is 0 Å². The molecule has 2 aliphatic heterocycles. The van der Waals surface area contributed by atoms with Crippen LogP contribution in [-0.4, -0.2) is 81.1 Å². The van der Waals surface area contributed by atoms with Crippen molar-refractivity contribution in [3.05, 3.63) is 23.5 Å². The molecule has 1 saturated heterocycles. The number of carbonyl (C=O) groups excluding carboxylic acids is 1. The van der Waals surface area contributed by atoms with E-state index in [1.54, 1.807) is 6.20 Å². The normalized spacial score (nSPS) is 22.4. The van der Waals surface area contributed by atoms with Crippen LogP contribution in [0.15, 0.2) is 12.3 Å². The van der Waals surface area contributed by atoms with Crippen LogP contribution >= 0.6 is 0 Å². The fourth-order valence-electron chi connectivity index (χ4n) is 4.53. The lowest BCUT2D eigenvalue weighted by atomic mass is 9.91. The topological polar surface area (TPSA) is 68.4 Å². The second-order valence-electron chi connectivity index (χ2n) is 7.84. The SMILES string of the molecule is O=C(CN1CCc2c([nH]c3ccnnc23)C1)N1CCN(C2CCC2)CC1. The Morgan fingerprint density at radius 2 is 2.04 bits per heavy atom. The van der Waals surface area contributed by atoms with Gasteiger partial charge >= 0.3 is 0 Å². The first-order valence-electron chi connectivity index (χ1n) is 9.83. The van der Waals surface area contributed by atoms with Crippen molar-refractivity contribution in [2.45, 2.75) is 38.3 Å². The summed E-state index contributed by atoms with van der Waals surface area (Å²) in [7, 11) is 0. The maximum absolute atomic E-state index is 12.7. The van der Waals surface area contributed by atoms with Crippen LogP contribution in [0.25, 0.3) is 11.0 Å². The second kappa shape index (κ2) is 6.63. The van der Waals surface area contributed by atoms with Gasteiger partial charge in [0.05, 0.1) is 18.3 Å². The van der Waals surface area contributed by atoms with Crippen molar-refractivity contribution >= 4 is 16.9 Å². The molecule has 2 aromatic heterocycles. The molecule has 1 saturated carbocycles. The quantitative estimate of drug-likeness (QED) is 0.891. The molecule has 138 valence electrons. The molecule has 4 heterocycles. The van der Waals surface area contributed by atoms with Gasteiger partial charge in [0.2, 0.25) is 5.91 Å². The number of H-pyrrole nitrogens is 1. The van der Waals surface area contributed by atoms with Gasteiger partial charge in [-0.05, 0) is 25.3 Å². The Balaban J connectivity index is 1.19. The second-order valence-corrected chi connectivity index (χ2v) is 7.84. The summed E-state index contributed by atoms with van der Waals surface area (Å²) < 4.78 is 0. The minimum atomic E-state index is 0.276. The summed E-state index contributed by atoms with van der Waals surface area (Å²) in [5.74, 6) is 0.276. The number of hydrogen-bond donors (Lipinski definition) is 1.